The predicted molar refractivity (Wildman–Crippen MR) is 55.6 cm³/mol. The number of hydrogen-bond donors (Lipinski definition) is 2. The van der Waals surface area contributed by atoms with Gasteiger partial charge in [-0.3, -0.25) is 4.79 Å². The van der Waals surface area contributed by atoms with Crippen LogP contribution in [0.2, 0.25) is 0 Å². The number of carbonyl (C=O) groups excluding carboxylic acids is 1. The maximum Gasteiger partial charge on any atom is 0.234 e. The molecular weight excluding hydrogens is 164 g/mol. The van der Waals surface area contributed by atoms with Gasteiger partial charge in [0, 0.05) is 12.6 Å². The van der Waals surface area contributed by atoms with Gasteiger partial charge in [-0.2, -0.15) is 0 Å². The quantitative estimate of drug-likeness (QED) is 0.606. The first-order valence-corrected chi connectivity index (χ1v) is 4.70. The maximum absolute atomic E-state index is 11.2. The summed E-state index contributed by atoms with van der Waals surface area (Å²) in [5.41, 5.74) is 0.969. The first-order valence-electron chi connectivity index (χ1n) is 4.70. The Bertz CT molecular complexity index is 178. The van der Waals surface area contributed by atoms with Gasteiger partial charge in [0.15, 0.2) is 0 Å². The van der Waals surface area contributed by atoms with Gasteiger partial charge in [-0.25, -0.2) is 0 Å². The monoisotopic (exact) mass is 184 g/mol. The first kappa shape index (κ1) is 12.2. The smallest absolute Gasteiger partial charge is 0.234 e. The molecular formula is C10H20N2O. The SMILES string of the molecule is C=C(C)CNC(=O)CNC(C)CC. The fourth-order valence-electron chi connectivity index (χ4n) is 0.723. The molecule has 0 aliphatic carbocycles. The summed E-state index contributed by atoms with van der Waals surface area (Å²) in [6, 6.07) is 0.399. The van der Waals surface area contributed by atoms with Crippen LogP contribution in [-0.4, -0.2) is 25.0 Å². The molecule has 0 saturated carbocycles. The Kier molecular flexibility index (Phi) is 6.24. The summed E-state index contributed by atoms with van der Waals surface area (Å²) in [4.78, 5) is 11.2. The first-order chi connectivity index (χ1) is 6.06. The lowest BCUT2D eigenvalue weighted by molar-refractivity contribution is -0.120. The lowest BCUT2D eigenvalue weighted by Crippen LogP contribution is -2.38. The molecule has 76 valence electrons. The third kappa shape index (κ3) is 7.53. The summed E-state index contributed by atoms with van der Waals surface area (Å²) in [7, 11) is 0. The Morgan fingerprint density at radius 3 is 2.54 bits per heavy atom. The molecule has 0 radical (unpaired) electrons. The van der Waals surface area contributed by atoms with Crippen LogP contribution >= 0.6 is 0 Å². The highest BCUT2D eigenvalue weighted by molar-refractivity contribution is 5.78. The van der Waals surface area contributed by atoms with Crippen molar-refractivity contribution in [3.05, 3.63) is 12.2 Å². The molecule has 0 aromatic rings. The van der Waals surface area contributed by atoms with Gasteiger partial charge in [0.1, 0.15) is 0 Å². The maximum atomic E-state index is 11.2. The molecule has 0 aliphatic rings. The molecule has 13 heavy (non-hydrogen) atoms. The molecule has 0 fully saturated rings. The zero-order chi connectivity index (χ0) is 10.3. The fourth-order valence-corrected chi connectivity index (χ4v) is 0.723. The number of amides is 1. The van der Waals surface area contributed by atoms with Crippen molar-refractivity contribution in [1.29, 1.82) is 0 Å². The molecule has 0 heterocycles. The van der Waals surface area contributed by atoms with Gasteiger partial charge in [-0.1, -0.05) is 19.1 Å². The van der Waals surface area contributed by atoms with Gasteiger partial charge in [0.25, 0.3) is 0 Å². The number of nitrogens with one attached hydrogen (secondary N) is 2. The largest absolute Gasteiger partial charge is 0.351 e. The van der Waals surface area contributed by atoms with Crippen LogP contribution < -0.4 is 10.6 Å². The molecule has 1 atom stereocenters. The fraction of sp³-hybridized carbons (Fsp3) is 0.700. The van der Waals surface area contributed by atoms with E-state index in [9.17, 15) is 4.79 Å². The van der Waals surface area contributed by atoms with Crippen molar-refractivity contribution in [2.24, 2.45) is 0 Å². The second-order valence-corrected chi connectivity index (χ2v) is 3.42. The zero-order valence-corrected chi connectivity index (χ0v) is 8.81. The van der Waals surface area contributed by atoms with E-state index in [4.69, 9.17) is 0 Å². The molecule has 0 bridgehead atoms. The third-order valence-corrected chi connectivity index (χ3v) is 1.81. The van der Waals surface area contributed by atoms with E-state index in [1.807, 2.05) is 6.92 Å². The molecule has 0 saturated heterocycles. The molecule has 3 heteroatoms. The normalized spacial score (nSPS) is 12.2. The van der Waals surface area contributed by atoms with Crippen molar-refractivity contribution < 1.29 is 4.79 Å². The Balaban J connectivity index is 3.46. The van der Waals surface area contributed by atoms with Crippen molar-refractivity contribution in [3.63, 3.8) is 0 Å². The Morgan fingerprint density at radius 2 is 2.08 bits per heavy atom. The lowest BCUT2D eigenvalue weighted by atomic mass is 10.2. The molecule has 0 aromatic carbocycles. The van der Waals surface area contributed by atoms with Crippen LogP contribution in [0, 0.1) is 0 Å². The van der Waals surface area contributed by atoms with Crippen LogP contribution in [0.15, 0.2) is 12.2 Å². The summed E-state index contributed by atoms with van der Waals surface area (Å²) >= 11 is 0. The highest BCUT2D eigenvalue weighted by Gasteiger charge is 2.02. The predicted octanol–water partition coefficient (Wildman–Crippen LogP) is 1.07. The minimum Gasteiger partial charge on any atom is -0.351 e. The van der Waals surface area contributed by atoms with Gasteiger partial charge in [-0.05, 0) is 20.3 Å². The van der Waals surface area contributed by atoms with Crippen molar-refractivity contribution in [3.8, 4) is 0 Å². The second kappa shape index (κ2) is 6.66. The van der Waals surface area contributed by atoms with Crippen LogP contribution in [0.4, 0.5) is 0 Å². The lowest BCUT2D eigenvalue weighted by Gasteiger charge is -2.10. The van der Waals surface area contributed by atoms with E-state index < -0.39 is 0 Å². The molecule has 0 aromatic heterocycles. The Labute approximate surface area is 80.6 Å². The van der Waals surface area contributed by atoms with Crippen molar-refractivity contribution in [1.82, 2.24) is 10.6 Å². The highest BCUT2D eigenvalue weighted by Crippen LogP contribution is 1.86. The summed E-state index contributed by atoms with van der Waals surface area (Å²) in [6.45, 7) is 10.7. The molecule has 0 spiro atoms. The number of carbonyl (C=O) groups is 1. The van der Waals surface area contributed by atoms with Crippen molar-refractivity contribution in [2.45, 2.75) is 33.2 Å². The number of rotatable bonds is 6. The summed E-state index contributed by atoms with van der Waals surface area (Å²) in [6.07, 6.45) is 1.04. The molecule has 0 aliphatic heterocycles. The molecule has 2 N–H and O–H groups in total. The summed E-state index contributed by atoms with van der Waals surface area (Å²) in [5, 5.41) is 5.87. The molecule has 1 amide bonds. The van der Waals surface area contributed by atoms with E-state index in [2.05, 4.69) is 31.1 Å². The average Bonchev–Trinajstić information content (AvgIpc) is 2.10. The minimum absolute atomic E-state index is 0.0308. The standard InChI is InChI=1S/C10H20N2O/c1-5-9(4)11-7-10(13)12-6-8(2)3/h9,11H,2,5-7H2,1,3-4H3,(H,12,13). The minimum atomic E-state index is 0.0308. The average molecular weight is 184 g/mol. The molecule has 1 unspecified atom stereocenters. The van der Waals surface area contributed by atoms with E-state index >= 15 is 0 Å². The van der Waals surface area contributed by atoms with Gasteiger partial charge in [-0.15, -0.1) is 0 Å². The Hall–Kier alpha value is -0.830. The topological polar surface area (TPSA) is 41.1 Å². The summed E-state index contributed by atoms with van der Waals surface area (Å²) in [5.74, 6) is 0.0308. The van der Waals surface area contributed by atoms with E-state index in [1.165, 1.54) is 0 Å². The second-order valence-electron chi connectivity index (χ2n) is 3.42. The van der Waals surface area contributed by atoms with Gasteiger partial charge >= 0.3 is 0 Å². The van der Waals surface area contributed by atoms with Crippen molar-refractivity contribution in [2.75, 3.05) is 13.1 Å². The van der Waals surface area contributed by atoms with Crippen LogP contribution in [-0.2, 0) is 4.79 Å². The van der Waals surface area contributed by atoms with Crippen LogP contribution in [0.25, 0.3) is 0 Å². The van der Waals surface area contributed by atoms with E-state index in [0.717, 1.165) is 12.0 Å². The summed E-state index contributed by atoms with van der Waals surface area (Å²) < 4.78 is 0. The van der Waals surface area contributed by atoms with E-state index in [-0.39, 0.29) is 5.91 Å². The van der Waals surface area contributed by atoms with E-state index in [1.54, 1.807) is 0 Å². The Morgan fingerprint density at radius 1 is 1.46 bits per heavy atom. The third-order valence-electron chi connectivity index (χ3n) is 1.81. The van der Waals surface area contributed by atoms with E-state index in [0.29, 0.717) is 19.1 Å². The molecule has 0 rings (SSSR count). The van der Waals surface area contributed by atoms with Crippen LogP contribution in [0.5, 0.6) is 0 Å². The number of hydrogen-bond acceptors (Lipinski definition) is 2. The van der Waals surface area contributed by atoms with Crippen LogP contribution in [0.1, 0.15) is 27.2 Å². The van der Waals surface area contributed by atoms with Crippen molar-refractivity contribution >= 4 is 5.91 Å². The molecule has 3 nitrogen and oxygen atoms in total. The highest BCUT2D eigenvalue weighted by atomic mass is 16.1. The van der Waals surface area contributed by atoms with Gasteiger partial charge < -0.3 is 10.6 Å². The zero-order valence-electron chi connectivity index (χ0n) is 8.81. The van der Waals surface area contributed by atoms with Gasteiger partial charge in [0.05, 0.1) is 6.54 Å². The van der Waals surface area contributed by atoms with Gasteiger partial charge in [0.2, 0.25) is 5.91 Å². The van der Waals surface area contributed by atoms with Crippen LogP contribution in [0.3, 0.4) is 0 Å².